The second-order valence-electron chi connectivity index (χ2n) is 7.20. The molecule has 0 atom stereocenters. The van der Waals surface area contributed by atoms with Gasteiger partial charge < -0.3 is 20.0 Å². The second-order valence-corrected chi connectivity index (χ2v) is 7.20. The van der Waals surface area contributed by atoms with Gasteiger partial charge in [-0.3, -0.25) is 9.79 Å². The molecule has 1 saturated heterocycles. The zero-order valence-corrected chi connectivity index (χ0v) is 19.5. The lowest BCUT2D eigenvalue weighted by Gasteiger charge is -2.36. The lowest BCUT2D eigenvalue weighted by atomic mass is 10.0. The average Bonchev–Trinajstić information content (AvgIpc) is 2.80. The first-order valence-corrected chi connectivity index (χ1v) is 10.1. The molecule has 0 radical (unpaired) electrons. The standard InChI is InChI=1S/C21H27N7O.HI/c1-22-20(26-12-14-27(15-13-26)21-23-9-5-10-24-21)25-16-19(29)28-11-4-7-17-6-2-3-8-18(17)28;/h2-3,5-6,8-10H,4,7,11-16H2,1H3,(H,22,25);1H. The van der Waals surface area contributed by atoms with E-state index in [2.05, 4.69) is 36.1 Å². The Bertz CT molecular complexity index is 869. The van der Waals surface area contributed by atoms with Gasteiger partial charge in [0.1, 0.15) is 0 Å². The Kier molecular flexibility index (Phi) is 7.83. The quantitative estimate of drug-likeness (QED) is 0.377. The second kappa shape index (κ2) is 10.6. The number of nitrogens with one attached hydrogen (secondary N) is 1. The van der Waals surface area contributed by atoms with E-state index in [-0.39, 0.29) is 36.4 Å². The van der Waals surface area contributed by atoms with Crippen molar-refractivity contribution in [3.05, 3.63) is 48.3 Å². The van der Waals surface area contributed by atoms with Gasteiger partial charge in [-0.1, -0.05) is 18.2 Å². The molecule has 30 heavy (non-hydrogen) atoms. The summed E-state index contributed by atoms with van der Waals surface area (Å²) in [7, 11) is 1.76. The van der Waals surface area contributed by atoms with E-state index in [1.807, 2.05) is 29.2 Å². The normalized spacial score (nSPS) is 16.6. The Morgan fingerprint density at radius 3 is 2.53 bits per heavy atom. The van der Waals surface area contributed by atoms with Crippen LogP contribution in [-0.2, 0) is 11.2 Å². The molecule has 1 aromatic heterocycles. The number of anilines is 2. The number of hydrogen-bond acceptors (Lipinski definition) is 5. The van der Waals surface area contributed by atoms with Gasteiger partial charge in [0.05, 0.1) is 6.54 Å². The van der Waals surface area contributed by atoms with Gasteiger partial charge in [0.2, 0.25) is 11.9 Å². The molecule has 8 nitrogen and oxygen atoms in total. The predicted octanol–water partition coefficient (Wildman–Crippen LogP) is 1.77. The molecular weight excluding hydrogens is 493 g/mol. The zero-order valence-electron chi connectivity index (χ0n) is 17.2. The molecule has 0 spiro atoms. The molecule has 160 valence electrons. The third-order valence-electron chi connectivity index (χ3n) is 5.44. The number of para-hydroxylation sites is 1. The summed E-state index contributed by atoms with van der Waals surface area (Å²) >= 11 is 0. The van der Waals surface area contributed by atoms with Gasteiger partial charge >= 0.3 is 0 Å². The number of nitrogens with zero attached hydrogens (tertiary/aromatic N) is 6. The van der Waals surface area contributed by atoms with Crippen LogP contribution in [0.25, 0.3) is 0 Å². The van der Waals surface area contributed by atoms with Crippen molar-refractivity contribution in [2.75, 3.05) is 56.1 Å². The number of rotatable bonds is 3. The van der Waals surface area contributed by atoms with Crippen molar-refractivity contribution in [3.63, 3.8) is 0 Å². The van der Waals surface area contributed by atoms with Crippen LogP contribution in [0.2, 0.25) is 0 Å². The van der Waals surface area contributed by atoms with E-state index in [0.29, 0.717) is 0 Å². The summed E-state index contributed by atoms with van der Waals surface area (Å²) in [5.74, 6) is 1.60. The summed E-state index contributed by atoms with van der Waals surface area (Å²) in [6.45, 7) is 4.25. The molecule has 2 aliphatic rings. The van der Waals surface area contributed by atoms with Crippen LogP contribution in [-0.4, -0.2) is 73.1 Å². The summed E-state index contributed by atoms with van der Waals surface area (Å²) in [6, 6.07) is 9.99. The number of aryl methyl sites for hydroxylation is 1. The number of halogens is 1. The third-order valence-corrected chi connectivity index (χ3v) is 5.44. The minimum Gasteiger partial charge on any atom is -0.347 e. The summed E-state index contributed by atoms with van der Waals surface area (Å²) in [5.41, 5.74) is 2.28. The molecule has 0 unspecified atom stereocenters. The lowest BCUT2D eigenvalue weighted by Crippen LogP contribution is -2.54. The van der Waals surface area contributed by atoms with E-state index in [1.54, 1.807) is 19.4 Å². The first-order chi connectivity index (χ1) is 14.3. The fraction of sp³-hybridized carbons (Fsp3) is 0.429. The Morgan fingerprint density at radius 1 is 1.07 bits per heavy atom. The molecular formula is C21H28IN7O. The maximum Gasteiger partial charge on any atom is 0.246 e. The van der Waals surface area contributed by atoms with Gasteiger partial charge in [-0.05, 0) is 30.5 Å². The first kappa shape index (κ1) is 22.3. The highest BCUT2D eigenvalue weighted by atomic mass is 127. The number of aromatic nitrogens is 2. The van der Waals surface area contributed by atoms with E-state index in [9.17, 15) is 4.79 Å². The maximum atomic E-state index is 12.9. The topological polar surface area (TPSA) is 77.0 Å². The van der Waals surface area contributed by atoms with Crippen LogP contribution in [0, 0.1) is 0 Å². The Labute approximate surface area is 194 Å². The van der Waals surface area contributed by atoms with Gasteiger partial charge in [0.25, 0.3) is 0 Å². The number of benzene rings is 1. The Hall–Kier alpha value is -2.43. The number of aliphatic imine (C=N–C) groups is 1. The van der Waals surface area contributed by atoms with Crippen LogP contribution in [0.3, 0.4) is 0 Å². The molecule has 0 bridgehead atoms. The summed E-state index contributed by atoms with van der Waals surface area (Å²) in [4.78, 5) is 32.1. The number of piperazine rings is 1. The minimum absolute atomic E-state index is 0. The molecule has 3 heterocycles. The minimum atomic E-state index is 0. The summed E-state index contributed by atoms with van der Waals surface area (Å²) < 4.78 is 0. The Morgan fingerprint density at radius 2 is 1.80 bits per heavy atom. The highest BCUT2D eigenvalue weighted by Gasteiger charge is 2.24. The van der Waals surface area contributed by atoms with Gasteiger partial charge in [-0.2, -0.15) is 0 Å². The number of fused-ring (bicyclic) bond motifs is 1. The first-order valence-electron chi connectivity index (χ1n) is 10.1. The summed E-state index contributed by atoms with van der Waals surface area (Å²) in [6.07, 6.45) is 5.56. The number of carbonyl (C=O) groups is 1. The lowest BCUT2D eigenvalue weighted by molar-refractivity contribution is -0.117. The smallest absolute Gasteiger partial charge is 0.246 e. The molecule has 2 aliphatic heterocycles. The van der Waals surface area contributed by atoms with E-state index in [4.69, 9.17) is 0 Å². The SMILES string of the molecule is CN=C(NCC(=O)N1CCCc2ccccc21)N1CCN(c2ncccn2)CC1.I. The van der Waals surface area contributed by atoms with Crippen molar-refractivity contribution >= 4 is 47.5 Å². The van der Waals surface area contributed by atoms with E-state index < -0.39 is 0 Å². The van der Waals surface area contributed by atoms with Crippen molar-refractivity contribution in [2.24, 2.45) is 4.99 Å². The molecule has 0 saturated carbocycles. The van der Waals surface area contributed by atoms with Crippen molar-refractivity contribution in [1.29, 1.82) is 0 Å². The van der Waals surface area contributed by atoms with E-state index in [1.165, 1.54) is 5.56 Å². The molecule has 2 aromatic rings. The van der Waals surface area contributed by atoms with Crippen LogP contribution in [0.1, 0.15) is 12.0 Å². The molecule has 1 aromatic carbocycles. The van der Waals surface area contributed by atoms with E-state index >= 15 is 0 Å². The fourth-order valence-electron chi connectivity index (χ4n) is 3.95. The van der Waals surface area contributed by atoms with Gasteiger partial charge in [-0.15, -0.1) is 24.0 Å². The van der Waals surface area contributed by atoms with Crippen LogP contribution >= 0.6 is 24.0 Å². The van der Waals surface area contributed by atoms with Crippen LogP contribution in [0.5, 0.6) is 0 Å². The van der Waals surface area contributed by atoms with Gasteiger partial charge in [0, 0.05) is 57.9 Å². The molecule has 4 rings (SSSR count). The largest absolute Gasteiger partial charge is 0.347 e. The molecule has 1 amide bonds. The number of hydrogen-bond donors (Lipinski definition) is 1. The predicted molar refractivity (Wildman–Crippen MR) is 130 cm³/mol. The highest BCUT2D eigenvalue weighted by molar-refractivity contribution is 14.0. The highest BCUT2D eigenvalue weighted by Crippen LogP contribution is 2.26. The van der Waals surface area contributed by atoms with Crippen LogP contribution < -0.4 is 15.1 Å². The number of carbonyl (C=O) groups excluding carboxylic acids is 1. The molecule has 1 fully saturated rings. The van der Waals surface area contributed by atoms with Crippen molar-refractivity contribution < 1.29 is 4.79 Å². The monoisotopic (exact) mass is 521 g/mol. The molecule has 1 N–H and O–H groups in total. The van der Waals surface area contributed by atoms with E-state index in [0.717, 1.165) is 63.2 Å². The van der Waals surface area contributed by atoms with Crippen molar-refractivity contribution in [2.45, 2.75) is 12.8 Å². The zero-order chi connectivity index (χ0) is 20.1. The molecule has 0 aliphatic carbocycles. The van der Waals surface area contributed by atoms with Crippen LogP contribution in [0.15, 0.2) is 47.7 Å². The maximum absolute atomic E-state index is 12.9. The number of amides is 1. The summed E-state index contributed by atoms with van der Waals surface area (Å²) in [5, 5.41) is 3.26. The fourth-order valence-corrected chi connectivity index (χ4v) is 3.95. The van der Waals surface area contributed by atoms with Crippen LogP contribution in [0.4, 0.5) is 11.6 Å². The molecule has 9 heteroatoms. The van der Waals surface area contributed by atoms with Crippen molar-refractivity contribution in [1.82, 2.24) is 20.2 Å². The Balaban J connectivity index is 0.00000256. The third kappa shape index (κ3) is 5.00. The van der Waals surface area contributed by atoms with Gasteiger partial charge in [0.15, 0.2) is 5.96 Å². The van der Waals surface area contributed by atoms with Gasteiger partial charge in [-0.25, -0.2) is 9.97 Å². The van der Waals surface area contributed by atoms with Crippen molar-refractivity contribution in [3.8, 4) is 0 Å². The number of guanidine groups is 1. The average molecular weight is 521 g/mol.